The molecule has 1 aromatic rings. The molecule has 0 heterocycles. The number of aliphatic hydroxyl groups excluding tert-OH is 1. The normalized spacial score (nSPS) is 11.9. The Labute approximate surface area is 118 Å². The molecule has 3 N–H and O–H groups in total. The van der Waals surface area contributed by atoms with E-state index in [1.165, 1.54) is 0 Å². The first kappa shape index (κ1) is 16.3. The highest BCUT2D eigenvalue weighted by molar-refractivity contribution is 5.68. The second-order valence-electron chi connectivity index (χ2n) is 4.34. The number of hydrogen-bond donors (Lipinski definition) is 3. The molecule has 0 aromatic heterocycles. The fourth-order valence-corrected chi connectivity index (χ4v) is 1.68. The third-order valence-corrected chi connectivity index (χ3v) is 2.46. The van der Waals surface area contributed by atoms with Crippen LogP contribution >= 0.6 is 0 Å². The minimum atomic E-state index is -1.04. The minimum absolute atomic E-state index is 0.423. The molecule has 1 aromatic carbocycles. The summed E-state index contributed by atoms with van der Waals surface area (Å²) < 4.78 is 10.8. The molecule has 112 valence electrons. The lowest BCUT2D eigenvalue weighted by atomic mass is 10.2. The number of benzene rings is 1. The molecule has 0 radical (unpaired) electrons. The Balaban J connectivity index is 2.83. The van der Waals surface area contributed by atoms with Crippen molar-refractivity contribution in [2.45, 2.75) is 26.5 Å². The number of aliphatic hydroxyl groups is 1. The Morgan fingerprint density at radius 2 is 2.15 bits per heavy atom. The van der Waals surface area contributed by atoms with Gasteiger partial charge in [0.1, 0.15) is 0 Å². The van der Waals surface area contributed by atoms with Crippen LogP contribution in [0.3, 0.4) is 0 Å². The van der Waals surface area contributed by atoms with Gasteiger partial charge < -0.3 is 25.0 Å². The van der Waals surface area contributed by atoms with Crippen LogP contribution in [0.2, 0.25) is 0 Å². The van der Waals surface area contributed by atoms with Crippen molar-refractivity contribution in [1.29, 1.82) is 0 Å². The summed E-state index contributed by atoms with van der Waals surface area (Å²) in [5, 5.41) is 21.0. The van der Waals surface area contributed by atoms with E-state index in [-0.39, 0.29) is 0 Å². The molecule has 0 saturated heterocycles. The van der Waals surface area contributed by atoms with Gasteiger partial charge in [0.25, 0.3) is 0 Å². The lowest BCUT2D eigenvalue weighted by Crippen LogP contribution is -2.24. The SMILES string of the molecule is CCOc1cccc(CNCC(C)O)c1OCC(=O)O. The molecule has 6 heteroatoms. The molecule has 1 rings (SSSR count). The first-order chi connectivity index (χ1) is 9.54. The van der Waals surface area contributed by atoms with Crippen LogP contribution in [0, 0.1) is 0 Å². The van der Waals surface area contributed by atoms with Gasteiger partial charge in [0.05, 0.1) is 12.7 Å². The van der Waals surface area contributed by atoms with E-state index in [9.17, 15) is 9.90 Å². The van der Waals surface area contributed by atoms with E-state index in [2.05, 4.69) is 5.32 Å². The Bertz CT molecular complexity index is 434. The molecular weight excluding hydrogens is 262 g/mol. The number of ether oxygens (including phenoxy) is 2. The van der Waals surface area contributed by atoms with Crippen molar-refractivity contribution in [1.82, 2.24) is 5.32 Å². The van der Waals surface area contributed by atoms with Crippen molar-refractivity contribution in [3.8, 4) is 11.5 Å². The van der Waals surface area contributed by atoms with Gasteiger partial charge in [0.15, 0.2) is 18.1 Å². The van der Waals surface area contributed by atoms with Crippen LogP contribution < -0.4 is 14.8 Å². The number of aliphatic carboxylic acids is 1. The van der Waals surface area contributed by atoms with Gasteiger partial charge >= 0.3 is 5.97 Å². The predicted molar refractivity (Wildman–Crippen MR) is 74.1 cm³/mol. The average Bonchev–Trinajstić information content (AvgIpc) is 2.37. The maximum atomic E-state index is 10.6. The topological polar surface area (TPSA) is 88.0 Å². The number of carbonyl (C=O) groups is 1. The fraction of sp³-hybridized carbons (Fsp3) is 0.500. The minimum Gasteiger partial charge on any atom is -0.490 e. The summed E-state index contributed by atoms with van der Waals surface area (Å²) in [5.41, 5.74) is 0.790. The Kier molecular flexibility index (Phi) is 6.83. The molecular formula is C14H21NO5. The summed E-state index contributed by atoms with van der Waals surface area (Å²) in [6.07, 6.45) is -0.450. The summed E-state index contributed by atoms with van der Waals surface area (Å²) in [6.45, 7) is 4.48. The van der Waals surface area contributed by atoms with Gasteiger partial charge in [-0.1, -0.05) is 12.1 Å². The number of hydrogen-bond acceptors (Lipinski definition) is 5. The first-order valence-corrected chi connectivity index (χ1v) is 6.52. The summed E-state index contributed by atoms with van der Waals surface area (Å²) in [4.78, 5) is 10.6. The van der Waals surface area contributed by atoms with Gasteiger partial charge in [-0.3, -0.25) is 0 Å². The highest BCUT2D eigenvalue weighted by Crippen LogP contribution is 2.31. The standard InChI is InChI=1S/C14H21NO5/c1-3-19-12-6-4-5-11(8-15-7-10(2)16)14(12)20-9-13(17)18/h4-6,10,15-16H,3,7-9H2,1-2H3,(H,17,18). The van der Waals surface area contributed by atoms with Crippen LogP contribution in [0.1, 0.15) is 19.4 Å². The zero-order valence-corrected chi connectivity index (χ0v) is 11.8. The van der Waals surface area contributed by atoms with Crippen LogP contribution in [-0.4, -0.2) is 42.0 Å². The monoisotopic (exact) mass is 283 g/mol. The van der Waals surface area contributed by atoms with Gasteiger partial charge in [-0.25, -0.2) is 4.79 Å². The van der Waals surface area contributed by atoms with Crippen molar-refractivity contribution >= 4 is 5.97 Å². The van der Waals surface area contributed by atoms with Gasteiger partial charge in [-0.15, -0.1) is 0 Å². The molecule has 0 aliphatic heterocycles. The molecule has 0 saturated carbocycles. The highest BCUT2D eigenvalue weighted by atomic mass is 16.5. The van der Waals surface area contributed by atoms with E-state index in [0.717, 1.165) is 5.56 Å². The third-order valence-electron chi connectivity index (χ3n) is 2.46. The lowest BCUT2D eigenvalue weighted by molar-refractivity contribution is -0.139. The maximum absolute atomic E-state index is 10.6. The molecule has 0 aliphatic rings. The molecule has 0 amide bonds. The Hall–Kier alpha value is -1.79. The quantitative estimate of drug-likeness (QED) is 0.627. The number of nitrogens with one attached hydrogen (secondary N) is 1. The summed E-state index contributed by atoms with van der Waals surface area (Å²) >= 11 is 0. The zero-order valence-electron chi connectivity index (χ0n) is 11.8. The summed E-state index contributed by atoms with van der Waals surface area (Å²) in [5.74, 6) is -0.0980. The Morgan fingerprint density at radius 1 is 1.40 bits per heavy atom. The first-order valence-electron chi connectivity index (χ1n) is 6.52. The van der Waals surface area contributed by atoms with Crippen molar-refractivity contribution in [3.63, 3.8) is 0 Å². The molecule has 6 nitrogen and oxygen atoms in total. The fourth-order valence-electron chi connectivity index (χ4n) is 1.68. The van der Waals surface area contributed by atoms with Crippen LogP contribution in [0.25, 0.3) is 0 Å². The predicted octanol–water partition coefficient (Wildman–Crippen LogP) is 1.02. The summed E-state index contributed by atoms with van der Waals surface area (Å²) in [6, 6.07) is 5.38. The van der Waals surface area contributed by atoms with Gasteiger partial charge in [-0.2, -0.15) is 0 Å². The van der Waals surface area contributed by atoms with E-state index in [0.29, 0.717) is 31.2 Å². The number of carboxylic acids is 1. The van der Waals surface area contributed by atoms with E-state index in [4.69, 9.17) is 14.6 Å². The van der Waals surface area contributed by atoms with Crippen LogP contribution in [0.15, 0.2) is 18.2 Å². The molecule has 20 heavy (non-hydrogen) atoms. The van der Waals surface area contributed by atoms with Crippen LogP contribution in [-0.2, 0) is 11.3 Å². The zero-order chi connectivity index (χ0) is 15.0. The molecule has 0 aliphatic carbocycles. The molecule has 1 unspecified atom stereocenters. The van der Waals surface area contributed by atoms with Gasteiger partial charge in [0, 0.05) is 18.7 Å². The average molecular weight is 283 g/mol. The van der Waals surface area contributed by atoms with Crippen molar-refractivity contribution in [3.05, 3.63) is 23.8 Å². The lowest BCUT2D eigenvalue weighted by Gasteiger charge is -2.15. The Morgan fingerprint density at radius 3 is 2.75 bits per heavy atom. The van der Waals surface area contributed by atoms with Crippen molar-refractivity contribution in [2.75, 3.05) is 19.8 Å². The van der Waals surface area contributed by atoms with Crippen LogP contribution in [0.4, 0.5) is 0 Å². The van der Waals surface area contributed by atoms with E-state index in [1.54, 1.807) is 13.0 Å². The van der Waals surface area contributed by atoms with Crippen molar-refractivity contribution in [2.24, 2.45) is 0 Å². The van der Waals surface area contributed by atoms with E-state index < -0.39 is 18.7 Å². The van der Waals surface area contributed by atoms with Gasteiger partial charge in [0.2, 0.25) is 0 Å². The number of rotatable bonds is 9. The number of para-hydroxylation sites is 1. The molecule has 0 bridgehead atoms. The second kappa shape index (κ2) is 8.39. The second-order valence-corrected chi connectivity index (χ2v) is 4.34. The van der Waals surface area contributed by atoms with E-state index >= 15 is 0 Å². The maximum Gasteiger partial charge on any atom is 0.341 e. The molecule has 0 fully saturated rings. The molecule has 0 spiro atoms. The third kappa shape index (κ3) is 5.46. The highest BCUT2D eigenvalue weighted by Gasteiger charge is 2.12. The summed E-state index contributed by atoms with van der Waals surface area (Å²) in [7, 11) is 0. The molecule has 1 atom stereocenters. The van der Waals surface area contributed by atoms with Crippen LogP contribution in [0.5, 0.6) is 11.5 Å². The van der Waals surface area contributed by atoms with Gasteiger partial charge in [-0.05, 0) is 19.9 Å². The van der Waals surface area contributed by atoms with Crippen molar-refractivity contribution < 1.29 is 24.5 Å². The largest absolute Gasteiger partial charge is 0.490 e. The van der Waals surface area contributed by atoms with E-state index in [1.807, 2.05) is 19.1 Å². The number of carboxylic acid groups (broad SMARTS) is 1. The smallest absolute Gasteiger partial charge is 0.341 e.